The van der Waals surface area contributed by atoms with Gasteiger partial charge in [-0.1, -0.05) is 42.5 Å². The van der Waals surface area contributed by atoms with E-state index in [0.29, 0.717) is 5.11 Å². The Kier molecular flexibility index (Phi) is 5.33. The molecule has 2 aromatic carbocycles. The summed E-state index contributed by atoms with van der Waals surface area (Å²) in [5, 5.41) is 4.30. The average Bonchev–Trinajstić information content (AvgIpc) is 2.65. The number of rotatable bonds is 3. The van der Waals surface area contributed by atoms with Crippen LogP contribution in [0.5, 0.6) is 0 Å². The van der Waals surface area contributed by atoms with Crippen molar-refractivity contribution in [3.8, 4) is 0 Å². The van der Waals surface area contributed by atoms with Crippen LogP contribution in [-0.4, -0.2) is 16.0 Å². The van der Waals surface area contributed by atoms with Crippen LogP contribution < -0.4 is 16.2 Å². The van der Waals surface area contributed by atoms with Gasteiger partial charge >= 0.3 is 0 Å². The smallest absolute Gasteiger partial charge is 0.262 e. The molecule has 0 aliphatic heterocycles. The van der Waals surface area contributed by atoms with Crippen molar-refractivity contribution < 1.29 is 4.79 Å². The molecular formula is C19H16N4OS. The molecular weight excluding hydrogens is 332 g/mol. The monoisotopic (exact) mass is 348 g/mol. The zero-order valence-electron chi connectivity index (χ0n) is 13.3. The predicted octanol–water partition coefficient (Wildman–Crippen LogP) is 3.27. The van der Waals surface area contributed by atoms with E-state index in [0.717, 1.165) is 22.2 Å². The first kappa shape index (κ1) is 16.6. The van der Waals surface area contributed by atoms with Gasteiger partial charge in [0, 0.05) is 28.9 Å². The number of nitrogens with one attached hydrogen (secondary N) is 3. The lowest BCUT2D eigenvalue weighted by Gasteiger charge is -2.10. The van der Waals surface area contributed by atoms with Crippen LogP contribution >= 0.6 is 12.2 Å². The second kappa shape index (κ2) is 8.03. The molecule has 1 aromatic heterocycles. The molecule has 124 valence electrons. The number of para-hydroxylation sites is 2. The number of amides is 1. The standard InChI is InChI=1S/C19H16N4OS/c24-17(22-23-19(25)21-16-9-2-1-3-10-16)12-11-15-7-4-6-14-8-5-13-20-18(14)15/h1-13H,(H,22,24)(H2,21,23,25)/b12-11+. The summed E-state index contributed by atoms with van der Waals surface area (Å²) in [6, 6.07) is 19.1. The number of hydrogen-bond donors (Lipinski definition) is 3. The summed E-state index contributed by atoms with van der Waals surface area (Å²) in [7, 11) is 0. The SMILES string of the molecule is O=C(/C=C/c1cccc2cccnc12)NNC(=S)Nc1ccccc1. The first-order valence-corrected chi connectivity index (χ1v) is 8.07. The second-order valence-corrected chi connectivity index (χ2v) is 5.60. The highest BCUT2D eigenvalue weighted by atomic mass is 32.1. The van der Waals surface area contributed by atoms with Gasteiger partial charge in [-0.2, -0.15) is 0 Å². The Hall–Kier alpha value is -3.25. The summed E-state index contributed by atoms with van der Waals surface area (Å²) < 4.78 is 0. The Morgan fingerprint density at radius 1 is 0.960 bits per heavy atom. The number of carbonyl (C=O) groups is 1. The van der Waals surface area contributed by atoms with Crippen LogP contribution in [0.25, 0.3) is 17.0 Å². The van der Waals surface area contributed by atoms with E-state index in [2.05, 4.69) is 21.2 Å². The molecule has 0 unspecified atom stereocenters. The highest BCUT2D eigenvalue weighted by Crippen LogP contribution is 2.16. The van der Waals surface area contributed by atoms with Crippen molar-refractivity contribution in [3.05, 3.63) is 78.5 Å². The van der Waals surface area contributed by atoms with Crippen molar-refractivity contribution in [1.82, 2.24) is 15.8 Å². The van der Waals surface area contributed by atoms with Crippen LogP contribution in [0, 0.1) is 0 Å². The van der Waals surface area contributed by atoms with E-state index in [9.17, 15) is 4.79 Å². The van der Waals surface area contributed by atoms with Gasteiger partial charge in [-0.05, 0) is 36.5 Å². The Labute approximate surface area is 150 Å². The fraction of sp³-hybridized carbons (Fsp3) is 0. The number of aromatic nitrogens is 1. The average molecular weight is 348 g/mol. The number of fused-ring (bicyclic) bond motifs is 1. The van der Waals surface area contributed by atoms with Crippen molar-refractivity contribution in [3.63, 3.8) is 0 Å². The quantitative estimate of drug-likeness (QED) is 0.385. The summed E-state index contributed by atoms with van der Waals surface area (Å²) in [6.07, 6.45) is 4.89. The van der Waals surface area contributed by atoms with Gasteiger partial charge in [-0.25, -0.2) is 0 Å². The van der Waals surface area contributed by atoms with Crippen LogP contribution in [0.1, 0.15) is 5.56 Å². The maximum atomic E-state index is 11.9. The molecule has 3 rings (SSSR count). The summed E-state index contributed by atoms with van der Waals surface area (Å²) in [4.78, 5) is 16.3. The second-order valence-electron chi connectivity index (χ2n) is 5.19. The zero-order valence-corrected chi connectivity index (χ0v) is 14.1. The van der Waals surface area contributed by atoms with E-state index in [1.54, 1.807) is 12.3 Å². The molecule has 0 radical (unpaired) electrons. The lowest BCUT2D eigenvalue weighted by molar-refractivity contribution is -0.116. The maximum Gasteiger partial charge on any atom is 0.262 e. The third-order valence-corrected chi connectivity index (χ3v) is 3.61. The van der Waals surface area contributed by atoms with Gasteiger partial charge in [-0.15, -0.1) is 0 Å². The minimum absolute atomic E-state index is 0.305. The summed E-state index contributed by atoms with van der Waals surface area (Å²) in [6.45, 7) is 0. The highest BCUT2D eigenvalue weighted by molar-refractivity contribution is 7.80. The van der Waals surface area contributed by atoms with E-state index in [4.69, 9.17) is 12.2 Å². The molecule has 0 bridgehead atoms. The molecule has 25 heavy (non-hydrogen) atoms. The van der Waals surface area contributed by atoms with E-state index < -0.39 is 0 Å². The van der Waals surface area contributed by atoms with Crippen LogP contribution in [0.2, 0.25) is 0 Å². The van der Waals surface area contributed by atoms with Gasteiger partial charge in [0.1, 0.15) is 0 Å². The van der Waals surface area contributed by atoms with Gasteiger partial charge in [-0.3, -0.25) is 20.6 Å². The van der Waals surface area contributed by atoms with E-state index in [1.165, 1.54) is 6.08 Å². The Morgan fingerprint density at radius 3 is 2.60 bits per heavy atom. The molecule has 1 heterocycles. The molecule has 3 aromatic rings. The molecule has 5 nitrogen and oxygen atoms in total. The minimum atomic E-state index is -0.315. The molecule has 0 spiro atoms. The van der Waals surface area contributed by atoms with Gasteiger partial charge in [0.2, 0.25) is 0 Å². The minimum Gasteiger partial charge on any atom is -0.331 e. The van der Waals surface area contributed by atoms with Gasteiger partial charge in [0.15, 0.2) is 5.11 Å². The third kappa shape index (κ3) is 4.62. The molecule has 0 saturated heterocycles. The van der Waals surface area contributed by atoms with E-state index in [1.807, 2.05) is 60.7 Å². The third-order valence-electron chi connectivity index (χ3n) is 3.41. The van der Waals surface area contributed by atoms with Gasteiger partial charge in [0.25, 0.3) is 5.91 Å². The van der Waals surface area contributed by atoms with Crippen molar-refractivity contribution in [2.45, 2.75) is 0 Å². The first-order chi connectivity index (χ1) is 12.2. The number of nitrogens with zero attached hydrogens (tertiary/aromatic N) is 1. The Balaban J connectivity index is 1.57. The van der Waals surface area contributed by atoms with Crippen molar-refractivity contribution >= 4 is 45.9 Å². The van der Waals surface area contributed by atoms with Gasteiger partial charge < -0.3 is 5.32 Å². The number of pyridine rings is 1. The fourth-order valence-corrected chi connectivity index (χ4v) is 2.44. The molecule has 0 aliphatic rings. The van der Waals surface area contributed by atoms with Crippen molar-refractivity contribution in [2.75, 3.05) is 5.32 Å². The summed E-state index contributed by atoms with van der Waals surface area (Å²) in [5.41, 5.74) is 7.74. The van der Waals surface area contributed by atoms with Crippen LogP contribution in [0.4, 0.5) is 5.69 Å². The van der Waals surface area contributed by atoms with E-state index in [-0.39, 0.29) is 5.91 Å². The normalized spacial score (nSPS) is 10.6. The lowest BCUT2D eigenvalue weighted by Crippen LogP contribution is -2.43. The van der Waals surface area contributed by atoms with E-state index >= 15 is 0 Å². The molecule has 6 heteroatoms. The number of thiocarbonyl (C=S) groups is 1. The predicted molar refractivity (Wildman–Crippen MR) is 105 cm³/mol. The lowest BCUT2D eigenvalue weighted by atomic mass is 10.1. The number of anilines is 1. The largest absolute Gasteiger partial charge is 0.331 e. The summed E-state index contributed by atoms with van der Waals surface area (Å²) in [5.74, 6) is -0.315. The topological polar surface area (TPSA) is 66.0 Å². The van der Waals surface area contributed by atoms with Crippen molar-refractivity contribution in [2.24, 2.45) is 0 Å². The number of hydrogen-bond acceptors (Lipinski definition) is 3. The van der Waals surface area contributed by atoms with Crippen LogP contribution in [0.3, 0.4) is 0 Å². The van der Waals surface area contributed by atoms with Crippen molar-refractivity contribution in [1.29, 1.82) is 0 Å². The van der Waals surface area contributed by atoms with Gasteiger partial charge in [0.05, 0.1) is 5.52 Å². The molecule has 0 fully saturated rings. The Bertz CT molecular complexity index is 920. The molecule has 0 aliphatic carbocycles. The van der Waals surface area contributed by atoms with Crippen LogP contribution in [-0.2, 0) is 4.79 Å². The molecule has 3 N–H and O–H groups in total. The summed E-state index contributed by atoms with van der Waals surface area (Å²) >= 11 is 5.12. The number of carbonyl (C=O) groups excluding carboxylic acids is 1. The molecule has 0 saturated carbocycles. The highest BCUT2D eigenvalue weighted by Gasteiger charge is 2.01. The number of benzene rings is 2. The fourth-order valence-electron chi connectivity index (χ4n) is 2.27. The maximum absolute atomic E-state index is 11.9. The molecule has 1 amide bonds. The zero-order chi connectivity index (χ0) is 17.5. The number of hydrazine groups is 1. The van der Waals surface area contributed by atoms with Crippen LogP contribution in [0.15, 0.2) is 72.9 Å². The molecule has 0 atom stereocenters. The Morgan fingerprint density at radius 2 is 1.76 bits per heavy atom. The first-order valence-electron chi connectivity index (χ1n) is 7.66.